The minimum absolute atomic E-state index is 0.474. The van der Waals surface area contributed by atoms with Crippen molar-refractivity contribution in [3.05, 3.63) is 0 Å². The fourth-order valence-electron chi connectivity index (χ4n) is 0.663. The summed E-state index contributed by atoms with van der Waals surface area (Å²) in [6.07, 6.45) is 3.27. The van der Waals surface area contributed by atoms with E-state index in [-0.39, 0.29) is 0 Å². The molecule has 1 unspecified atom stereocenters. The number of rotatable bonds is 4. The Balaban J connectivity index is 3.35. The number of thiocarbonyl (C=S) groups is 1. The monoisotopic (exact) mass is 192 g/mol. The van der Waals surface area contributed by atoms with E-state index in [0.717, 1.165) is 11.5 Å². The van der Waals surface area contributed by atoms with Crippen molar-refractivity contribution >= 4 is 29.1 Å². The summed E-state index contributed by atoms with van der Waals surface area (Å²) in [4.78, 5) is 0. The first-order valence-electron chi connectivity index (χ1n) is 3.68. The molecule has 0 amide bonds. The third kappa shape index (κ3) is 6.44. The zero-order chi connectivity index (χ0) is 8.69. The van der Waals surface area contributed by atoms with E-state index in [0.29, 0.717) is 6.04 Å². The Kier molecular flexibility index (Phi) is 6.76. The lowest BCUT2D eigenvalue weighted by molar-refractivity contribution is 0.643. The summed E-state index contributed by atoms with van der Waals surface area (Å²) < 4.78 is 0. The highest BCUT2D eigenvalue weighted by molar-refractivity contribution is 7.98. The normalized spacial score (nSPS) is 12.3. The standard InChI is InChI=1S/C7H16N2S2/c1-6(4-5-11-3)9-7(10)8-2/h6H,4-5H2,1-3H3,(H2,8,9,10). The molecule has 0 aromatic carbocycles. The van der Waals surface area contributed by atoms with Gasteiger partial charge in [0.1, 0.15) is 0 Å². The Morgan fingerprint density at radius 1 is 1.64 bits per heavy atom. The van der Waals surface area contributed by atoms with Crippen LogP contribution in [0.5, 0.6) is 0 Å². The highest BCUT2D eigenvalue weighted by Crippen LogP contribution is 1.99. The Morgan fingerprint density at radius 2 is 2.27 bits per heavy atom. The van der Waals surface area contributed by atoms with Crippen molar-refractivity contribution in [1.82, 2.24) is 10.6 Å². The summed E-state index contributed by atoms with van der Waals surface area (Å²) in [6, 6.07) is 0.474. The molecule has 0 rings (SSSR count). The van der Waals surface area contributed by atoms with Crippen LogP contribution in [0.25, 0.3) is 0 Å². The first kappa shape index (κ1) is 11.0. The van der Waals surface area contributed by atoms with Crippen LogP contribution in [0.2, 0.25) is 0 Å². The van der Waals surface area contributed by atoms with Crippen LogP contribution in [-0.4, -0.2) is 30.2 Å². The highest BCUT2D eigenvalue weighted by Gasteiger charge is 2.00. The molecule has 4 heteroatoms. The molecule has 0 bridgehead atoms. The van der Waals surface area contributed by atoms with Gasteiger partial charge in [0.05, 0.1) is 0 Å². The van der Waals surface area contributed by atoms with E-state index in [1.807, 2.05) is 18.8 Å². The van der Waals surface area contributed by atoms with Crippen LogP contribution >= 0.6 is 24.0 Å². The van der Waals surface area contributed by atoms with Gasteiger partial charge in [0.2, 0.25) is 0 Å². The third-order valence-electron chi connectivity index (χ3n) is 1.36. The minimum Gasteiger partial charge on any atom is -0.366 e. The van der Waals surface area contributed by atoms with Gasteiger partial charge in [-0.15, -0.1) is 0 Å². The molecule has 0 aromatic heterocycles. The summed E-state index contributed by atoms with van der Waals surface area (Å²) in [5.41, 5.74) is 0. The van der Waals surface area contributed by atoms with Gasteiger partial charge >= 0.3 is 0 Å². The predicted molar refractivity (Wildman–Crippen MR) is 57.3 cm³/mol. The Bertz CT molecular complexity index is 117. The molecule has 0 saturated heterocycles. The lowest BCUT2D eigenvalue weighted by atomic mass is 10.3. The van der Waals surface area contributed by atoms with E-state index in [1.54, 1.807) is 0 Å². The molecular weight excluding hydrogens is 176 g/mol. The van der Waals surface area contributed by atoms with Gasteiger partial charge in [-0.25, -0.2) is 0 Å². The van der Waals surface area contributed by atoms with E-state index in [9.17, 15) is 0 Å². The van der Waals surface area contributed by atoms with Gasteiger partial charge in [-0.05, 0) is 37.6 Å². The SMILES string of the molecule is CNC(=S)NC(C)CCSC. The van der Waals surface area contributed by atoms with Crippen molar-refractivity contribution in [3.63, 3.8) is 0 Å². The Labute approximate surface area is 78.5 Å². The third-order valence-corrected chi connectivity index (χ3v) is 2.33. The number of thioether (sulfide) groups is 1. The predicted octanol–water partition coefficient (Wildman–Crippen LogP) is 1.22. The number of hydrogen-bond donors (Lipinski definition) is 2. The molecule has 0 heterocycles. The second-order valence-corrected chi connectivity index (χ2v) is 3.80. The molecule has 0 aromatic rings. The lowest BCUT2D eigenvalue weighted by Crippen LogP contribution is -2.38. The average molecular weight is 192 g/mol. The van der Waals surface area contributed by atoms with E-state index in [4.69, 9.17) is 12.2 Å². The fourth-order valence-corrected chi connectivity index (χ4v) is 1.45. The average Bonchev–Trinajstić information content (AvgIpc) is 2.00. The maximum Gasteiger partial charge on any atom is 0.166 e. The van der Waals surface area contributed by atoms with Crippen LogP contribution in [-0.2, 0) is 0 Å². The highest BCUT2D eigenvalue weighted by atomic mass is 32.2. The largest absolute Gasteiger partial charge is 0.366 e. The number of hydrogen-bond acceptors (Lipinski definition) is 2. The lowest BCUT2D eigenvalue weighted by Gasteiger charge is -2.14. The van der Waals surface area contributed by atoms with Gasteiger partial charge in [0.15, 0.2) is 5.11 Å². The summed E-state index contributed by atoms with van der Waals surface area (Å²) in [6.45, 7) is 2.14. The van der Waals surface area contributed by atoms with Gasteiger partial charge in [-0.3, -0.25) is 0 Å². The quantitative estimate of drug-likeness (QED) is 0.654. The van der Waals surface area contributed by atoms with Crippen molar-refractivity contribution in [2.45, 2.75) is 19.4 Å². The Hall–Kier alpha value is 0.0400. The summed E-state index contributed by atoms with van der Waals surface area (Å²) in [5, 5.41) is 6.79. The van der Waals surface area contributed by atoms with Crippen LogP contribution < -0.4 is 10.6 Å². The molecule has 0 aliphatic heterocycles. The van der Waals surface area contributed by atoms with Crippen LogP contribution in [0.15, 0.2) is 0 Å². The van der Waals surface area contributed by atoms with Crippen LogP contribution in [0, 0.1) is 0 Å². The molecule has 1 atom stereocenters. The minimum atomic E-state index is 0.474. The summed E-state index contributed by atoms with van der Waals surface area (Å²) in [7, 11) is 1.83. The zero-order valence-electron chi connectivity index (χ0n) is 7.31. The molecule has 0 aliphatic carbocycles. The maximum absolute atomic E-state index is 4.95. The fraction of sp³-hybridized carbons (Fsp3) is 0.857. The van der Waals surface area contributed by atoms with Crippen molar-refractivity contribution in [3.8, 4) is 0 Å². The first-order valence-corrected chi connectivity index (χ1v) is 5.48. The van der Waals surface area contributed by atoms with Crippen LogP contribution in [0.4, 0.5) is 0 Å². The smallest absolute Gasteiger partial charge is 0.166 e. The Morgan fingerprint density at radius 3 is 2.73 bits per heavy atom. The van der Waals surface area contributed by atoms with Crippen LogP contribution in [0.3, 0.4) is 0 Å². The van der Waals surface area contributed by atoms with E-state index >= 15 is 0 Å². The van der Waals surface area contributed by atoms with Gasteiger partial charge in [0.25, 0.3) is 0 Å². The van der Waals surface area contributed by atoms with E-state index in [2.05, 4.69) is 23.8 Å². The molecule has 0 saturated carbocycles. The van der Waals surface area contributed by atoms with E-state index < -0.39 is 0 Å². The summed E-state index contributed by atoms with van der Waals surface area (Å²) in [5.74, 6) is 1.18. The first-order chi connectivity index (χ1) is 5.20. The van der Waals surface area contributed by atoms with Crippen molar-refractivity contribution in [2.75, 3.05) is 19.1 Å². The second-order valence-electron chi connectivity index (χ2n) is 2.41. The van der Waals surface area contributed by atoms with E-state index in [1.165, 1.54) is 5.75 Å². The molecule has 0 spiro atoms. The van der Waals surface area contributed by atoms with Crippen molar-refractivity contribution < 1.29 is 0 Å². The van der Waals surface area contributed by atoms with Crippen molar-refractivity contribution in [2.24, 2.45) is 0 Å². The van der Waals surface area contributed by atoms with Crippen LogP contribution in [0.1, 0.15) is 13.3 Å². The topological polar surface area (TPSA) is 24.1 Å². The summed E-state index contributed by atoms with van der Waals surface area (Å²) >= 11 is 6.81. The maximum atomic E-state index is 4.95. The second kappa shape index (κ2) is 6.73. The van der Waals surface area contributed by atoms with Gasteiger partial charge in [-0.2, -0.15) is 11.8 Å². The van der Waals surface area contributed by atoms with Gasteiger partial charge < -0.3 is 10.6 Å². The molecule has 0 radical (unpaired) electrons. The molecule has 11 heavy (non-hydrogen) atoms. The molecule has 0 fully saturated rings. The van der Waals surface area contributed by atoms with Gasteiger partial charge in [-0.1, -0.05) is 0 Å². The molecule has 2 nitrogen and oxygen atoms in total. The van der Waals surface area contributed by atoms with Gasteiger partial charge in [0, 0.05) is 13.1 Å². The molecular formula is C7H16N2S2. The molecule has 66 valence electrons. The van der Waals surface area contributed by atoms with Crippen molar-refractivity contribution in [1.29, 1.82) is 0 Å². The zero-order valence-corrected chi connectivity index (χ0v) is 8.94. The molecule has 0 aliphatic rings. The molecule has 2 N–H and O–H groups in total. The number of nitrogens with one attached hydrogen (secondary N) is 2.